The van der Waals surface area contributed by atoms with Gasteiger partial charge in [0.25, 0.3) is 5.56 Å². The average Bonchev–Trinajstić information content (AvgIpc) is 2.47. The molecule has 3 rings (SSSR count). The molecule has 0 atom stereocenters. The van der Waals surface area contributed by atoms with Crippen LogP contribution in [0.5, 0.6) is 0 Å². The molecule has 1 aliphatic heterocycles. The van der Waals surface area contributed by atoms with Crippen molar-refractivity contribution in [3.05, 3.63) is 44.8 Å². The van der Waals surface area contributed by atoms with Crippen LogP contribution in [0, 0.1) is 6.92 Å². The standard InChI is InChI=1S/C15H15ClN2O2/c1-9-7-11-12(16)8-13(10-3-5-20-6-4-10)17-14(11)18(2)15(9)19/h3,7-8H,4-6H2,1-2H3. The fraction of sp³-hybridized carbons (Fsp3) is 0.333. The summed E-state index contributed by atoms with van der Waals surface area (Å²) >= 11 is 6.36. The van der Waals surface area contributed by atoms with Crippen LogP contribution in [0.15, 0.2) is 23.0 Å². The van der Waals surface area contributed by atoms with Crippen LogP contribution < -0.4 is 5.56 Å². The molecule has 4 nitrogen and oxygen atoms in total. The fourth-order valence-electron chi connectivity index (χ4n) is 2.46. The zero-order valence-electron chi connectivity index (χ0n) is 11.4. The molecule has 0 bridgehead atoms. The Balaban J connectivity index is 2.28. The Kier molecular flexibility index (Phi) is 3.36. The van der Waals surface area contributed by atoms with E-state index >= 15 is 0 Å². The van der Waals surface area contributed by atoms with Crippen molar-refractivity contribution in [2.75, 3.05) is 13.2 Å². The topological polar surface area (TPSA) is 44.1 Å². The van der Waals surface area contributed by atoms with E-state index in [-0.39, 0.29) is 5.56 Å². The van der Waals surface area contributed by atoms with Crippen molar-refractivity contribution < 1.29 is 4.74 Å². The smallest absolute Gasteiger partial charge is 0.254 e. The molecule has 3 heterocycles. The quantitative estimate of drug-likeness (QED) is 0.811. The molecule has 5 heteroatoms. The van der Waals surface area contributed by atoms with Gasteiger partial charge >= 0.3 is 0 Å². The van der Waals surface area contributed by atoms with Crippen LogP contribution in [-0.4, -0.2) is 22.8 Å². The molecule has 104 valence electrons. The molecule has 0 amide bonds. The van der Waals surface area contributed by atoms with Crippen LogP contribution in [0.1, 0.15) is 17.7 Å². The highest BCUT2D eigenvalue weighted by molar-refractivity contribution is 6.35. The van der Waals surface area contributed by atoms with Gasteiger partial charge in [-0.05, 0) is 31.1 Å². The van der Waals surface area contributed by atoms with Crippen LogP contribution in [0.4, 0.5) is 0 Å². The summed E-state index contributed by atoms with van der Waals surface area (Å²) in [6, 6.07) is 3.67. The number of rotatable bonds is 1. The summed E-state index contributed by atoms with van der Waals surface area (Å²) in [5, 5.41) is 1.43. The summed E-state index contributed by atoms with van der Waals surface area (Å²) in [5.41, 5.74) is 3.19. The van der Waals surface area contributed by atoms with Crippen molar-refractivity contribution in [3.63, 3.8) is 0 Å². The van der Waals surface area contributed by atoms with Gasteiger partial charge in [0.05, 0.1) is 23.9 Å². The maximum atomic E-state index is 12.0. The minimum Gasteiger partial charge on any atom is -0.377 e. The summed E-state index contributed by atoms with van der Waals surface area (Å²) in [5.74, 6) is 0. The summed E-state index contributed by atoms with van der Waals surface area (Å²) < 4.78 is 6.86. The molecule has 0 saturated heterocycles. The van der Waals surface area contributed by atoms with Crippen molar-refractivity contribution in [1.82, 2.24) is 9.55 Å². The lowest BCUT2D eigenvalue weighted by molar-refractivity contribution is 0.161. The molecule has 20 heavy (non-hydrogen) atoms. The van der Waals surface area contributed by atoms with Gasteiger partial charge in [-0.1, -0.05) is 17.7 Å². The number of ether oxygens (including phenoxy) is 1. The number of fused-ring (bicyclic) bond motifs is 1. The van der Waals surface area contributed by atoms with Gasteiger partial charge in [0.15, 0.2) is 0 Å². The fourth-order valence-corrected chi connectivity index (χ4v) is 2.71. The Labute approximate surface area is 121 Å². The van der Waals surface area contributed by atoms with Gasteiger partial charge in [-0.3, -0.25) is 9.36 Å². The molecule has 0 radical (unpaired) electrons. The Bertz CT molecular complexity index is 778. The average molecular weight is 291 g/mol. The van der Waals surface area contributed by atoms with Crippen molar-refractivity contribution in [2.45, 2.75) is 13.3 Å². The van der Waals surface area contributed by atoms with E-state index in [1.54, 1.807) is 24.6 Å². The highest BCUT2D eigenvalue weighted by Gasteiger charge is 2.13. The van der Waals surface area contributed by atoms with E-state index < -0.39 is 0 Å². The Morgan fingerprint density at radius 3 is 2.90 bits per heavy atom. The predicted molar refractivity (Wildman–Crippen MR) is 80.1 cm³/mol. The van der Waals surface area contributed by atoms with Gasteiger partial charge in [0, 0.05) is 18.0 Å². The van der Waals surface area contributed by atoms with Gasteiger partial charge in [0.2, 0.25) is 0 Å². The maximum Gasteiger partial charge on any atom is 0.254 e. The van der Waals surface area contributed by atoms with E-state index in [2.05, 4.69) is 4.98 Å². The summed E-state index contributed by atoms with van der Waals surface area (Å²) in [7, 11) is 1.73. The highest BCUT2D eigenvalue weighted by atomic mass is 35.5. The van der Waals surface area contributed by atoms with E-state index in [0.717, 1.165) is 23.1 Å². The zero-order valence-corrected chi connectivity index (χ0v) is 12.2. The van der Waals surface area contributed by atoms with Gasteiger partial charge in [-0.2, -0.15) is 0 Å². The van der Waals surface area contributed by atoms with Gasteiger partial charge in [-0.15, -0.1) is 0 Å². The molecular weight excluding hydrogens is 276 g/mol. The van der Waals surface area contributed by atoms with Gasteiger partial charge in [0.1, 0.15) is 5.65 Å². The molecule has 2 aromatic rings. The van der Waals surface area contributed by atoms with Crippen molar-refractivity contribution in [3.8, 4) is 0 Å². The minimum absolute atomic E-state index is 0.0424. The van der Waals surface area contributed by atoms with Crippen LogP contribution in [0.25, 0.3) is 16.6 Å². The third kappa shape index (κ3) is 2.15. The second kappa shape index (κ2) is 5.04. The molecule has 0 spiro atoms. The first-order chi connectivity index (χ1) is 9.58. The number of hydrogen-bond donors (Lipinski definition) is 0. The Hall–Kier alpha value is -1.65. The summed E-state index contributed by atoms with van der Waals surface area (Å²) in [4.78, 5) is 16.6. The SMILES string of the molecule is Cc1cc2c(Cl)cc(C3=CCOCC3)nc2n(C)c1=O. The van der Waals surface area contributed by atoms with E-state index in [9.17, 15) is 4.79 Å². The molecule has 0 unspecified atom stereocenters. The number of hydrogen-bond acceptors (Lipinski definition) is 3. The van der Waals surface area contributed by atoms with Crippen LogP contribution in [0.3, 0.4) is 0 Å². The molecule has 1 aliphatic rings. The third-order valence-corrected chi connectivity index (χ3v) is 3.91. The highest BCUT2D eigenvalue weighted by Crippen LogP contribution is 2.27. The molecule has 0 saturated carbocycles. The largest absolute Gasteiger partial charge is 0.377 e. The van der Waals surface area contributed by atoms with Crippen molar-refractivity contribution >= 4 is 28.2 Å². The second-order valence-corrected chi connectivity index (χ2v) is 5.38. The number of aryl methyl sites for hydroxylation is 2. The molecule has 0 N–H and O–H groups in total. The van der Waals surface area contributed by atoms with E-state index in [1.165, 1.54) is 0 Å². The lowest BCUT2D eigenvalue weighted by Gasteiger charge is -2.15. The van der Waals surface area contributed by atoms with E-state index in [0.29, 0.717) is 29.4 Å². The lowest BCUT2D eigenvalue weighted by atomic mass is 10.1. The first-order valence-corrected chi connectivity index (χ1v) is 6.90. The minimum atomic E-state index is -0.0424. The Morgan fingerprint density at radius 2 is 2.20 bits per heavy atom. The molecule has 2 aromatic heterocycles. The van der Waals surface area contributed by atoms with Crippen LogP contribution >= 0.6 is 11.6 Å². The van der Waals surface area contributed by atoms with Crippen LogP contribution in [-0.2, 0) is 11.8 Å². The number of aromatic nitrogens is 2. The monoisotopic (exact) mass is 290 g/mol. The zero-order chi connectivity index (χ0) is 14.3. The third-order valence-electron chi connectivity index (χ3n) is 3.60. The summed E-state index contributed by atoms with van der Waals surface area (Å²) in [6.07, 6.45) is 2.83. The summed E-state index contributed by atoms with van der Waals surface area (Å²) in [6.45, 7) is 3.07. The maximum absolute atomic E-state index is 12.0. The van der Waals surface area contributed by atoms with Gasteiger partial charge < -0.3 is 4.74 Å². The van der Waals surface area contributed by atoms with E-state index in [4.69, 9.17) is 16.3 Å². The second-order valence-electron chi connectivity index (χ2n) is 4.97. The van der Waals surface area contributed by atoms with Crippen LogP contribution in [0.2, 0.25) is 5.02 Å². The predicted octanol–water partition coefficient (Wildman–Crippen LogP) is 2.70. The number of pyridine rings is 2. The van der Waals surface area contributed by atoms with Crippen molar-refractivity contribution in [1.29, 1.82) is 0 Å². The molecule has 0 aromatic carbocycles. The van der Waals surface area contributed by atoms with Crippen molar-refractivity contribution in [2.24, 2.45) is 7.05 Å². The molecule has 0 fully saturated rings. The lowest BCUT2D eigenvalue weighted by Crippen LogP contribution is -2.20. The normalized spacial score (nSPS) is 15.4. The number of nitrogens with zero attached hydrogens (tertiary/aromatic N) is 2. The first kappa shape index (κ1) is 13.3. The first-order valence-electron chi connectivity index (χ1n) is 6.52. The number of halogens is 1. The molecular formula is C15H15ClN2O2. The molecule has 0 aliphatic carbocycles. The van der Waals surface area contributed by atoms with Gasteiger partial charge in [-0.25, -0.2) is 4.98 Å². The van der Waals surface area contributed by atoms with E-state index in [1.807, 2.05) is 12.1 Å². The Morgan fingerprint density at radius 1 is 1.40 bits per heavy atom.